The molecule has 0 aromatic heterocycles. The zero-order chi connectivity index (χ0) is 15.6. The van der Waals surface area contributed by atoms with Crippen molar-refractivity contribution in [2.45, 2.75) is 27.2 Å². The fourth-order valence-electron chi connectivity index (χ4n) is 1.47. The molecule has 4 nitrogen and oxygen atoms in total. The van der Waals surface area contributed by atoms with Crippen LogP contribution in [0.3, 0.4) is 0 Å². The molecular weight excluding hydrogens is 299 g/mol. The molecule has 1 aromatic carbocycles. The average molecular weight is 318 g/mol. The summed E-state index contributed by atoms with van der Waals surface area (Å²) in [4.78, 5) is -0.0574. The van der Waals surface area contributed by atoms with Crippen LogP contribution in [-0.4, -0.2) is 19.2 Å². The third-order valence-electron chi connectivity index (χ3n) is 2.63. The molecule has 3 N–H and O–H groups in total. The lowest BCUT2D eigenvalue weighted by atomic mass is 9.94. The molecule has 0 unspecified atom stereocenters. The van der Waals surface area contributed by atoms with Crippen molar-refractivity contribution in [1.29, 1.82) is 0 Å². The van der Waals surface area contributed by atoms with Crippen LogP contribution in [-0.2, 0) is 10.0 Å². The lowest BCUT2D eigenvalue weighted by Gasteiger charge is -2.18. The lowest BCUT2D eigenvalue weighted by Crippen LogP contribution is -2.23. The predicted molar refractivity (Wildman–Crippen MR) is 83.8 cm³/mol. The minimum absolute atomic E-state index is 0.0232. The summed E-state index contributed by atoms with van der Waals surface area (Å²) in [5.74, 6) is -0.546. The number of anilines is 1. The van der Waals surface area contributed by atoms with Crippen LogP contribution in [0.2, 0.25) is 0 Å². The Labute approximate surface area is 124 Å². The van der Waals surface area contributed by atoms with Gasteiger partial charge in [0.1, 0.15) is 10.8 Å². The summed E-state index contributed by atoms with van der Waals surface area (Å²) in [5, 5.41) is 0. The Morgan fingerprint density at radius 3 is 2.50 bits per heavy atom. The second kappa shape index (κ2) is 6.05. The van der Waals surface area contributed by atoms with Crippen molar-refractivity contribution < 1.29 is 12.8 Å². The van der Waals surface area contributed by atoms with Gasteiger partial charge in [0.2, 0.25) is 10.0 Å². The smallest absolute Gasteiger partial charge is 0.232 e. The van der Waals surface area contributed by atoms with Gasteiger partial charge < -0.3 is 5.73 Å². The second-order valence-electron chi connectivity index (χ2n) is 5.79. The molecule has 0 aliphatic heterocycles. The number of hydrogen-bond donors (Lipinski definition) is 2. The number of thiocarbonyl (C=S) groups is 1. The van der Waals surface area contributed by atoms with E-state index >= 15 is 0 Å². The molecule has 112 valence electrons. The van der Waals surface area contributed by atoms with E-state index in [0.717, 1.165) is 12.1 Å². The van der Waals surface area contributed by atoms with Gasteiger partial charge in [-0.15, -0.1) is 0 Å². The Balaban J connectivity index is 2.95. The summed E-state index contributed by atoms with van der Waals surface area (Å²) >= 11 is 4.80. The van der Waals surface area contributed by atoms with Crippen LogP contribution in [0.15, 0.2) is 18.2 Å². The molecule has 7 heteroatoms. The van der Waals surface area contributed by atoms with E-state index in [1.54, 1.807) is 0 Å². The number of halogens is 1. The van der Waals surface area contributed by atoms with Crippen LogP contribution in [0.25, 0.3) is 0 Å². The molecule has 1 rings (SSSR count). The number of nitrogens with one attached hydrogen (secondary N) is 1. The van der Waals surface area contributed by atoms with Gasteiger partial charge in [-0.05, 0) is 30.0 Å². The molecule has 0 atom stereocenters. The molecule has 0 saturated heterocycles. The van der Waals surface area contributed by atoms with Crippen LogP contribution < -0.4 is 10.5 Å². The van der Waals surface area contributed by atoms with Crippen molar-refractivity contribution in [1.82, 2.24) is 0 Å². The van der Waals surface area contributed by atoms with Gasteiger partial charge in [0.15, 0.2) is 0 Å². The number of hydrogen-bond acceptors (Lipinski definition) is 3. The van der Waals surface area contributed by atoms with Gasteiger partial charge >= 0.3 is 0 Å². The first-order valence-electron chi connectivity index (χ1n) is 6.10. The summed E-state index contributed by atoms with van der Waals surface area (Å²) in [6.07, 6.45) is 0.506. The highest BCUT2D eigenvalue weighted by molar-refractivity contribution is 7.92. The molecule has 0 radical (unpaired) electrons. The highest BCUT2D eigenvalue weighted by atomic mass is 32.2. The zero-order valence-corrected chi connectivity index (χ0v) is 13.4. The molecule has 0 aliphatic rings. The molecular formula is C13H19FN2O2S2. The minimum Gasteiger partial charge on any atom is -0.389 e. The number of rotatable bonds is 5. The Morgan fingerprint density at radius 2 is 2.00 bits per heavy atom. The highest BCUT2D eigenvalue weighted by Crippen LogP contribution is 2.22. The first-order chi connectivity index (χ1) is 9.00. The number of benzene rings is 1. The third kappa shape index (κ3) is 5.42. The van der Waals surface area contributed by atoms with Crippen LogP contribution in [0.5, 0.6) is 0 Å². The van der Waals surface area contributed by atoms with Crippen LogP contribution >= 0.6 is 12.2 Å². The van der Waals surface area contributed by atoms with Crippen LogP contribution in [0.1, 0.15) is 32.8 Å². The van der Waals surface area contributed by atoms with Crippen molar-refractivity contribution >= 4 is 32.9 Å². The molecule has 0 heterocycles. The normalized spacial score (nSPS) is 12.2. The quantitative estimate of drug-likeness (QED) is 0.819. The SMILES string of the molecule is CC(C)(C)CCS(=O)(=O)Nc1ccc(F)cc1C(N)=S. The van der Waals surface area contributed by atoms with Gasteiger partial charge in [-0.3, -0.25) is 4.72 Å². The highest BCUT2D eigenvalue weighted by Gasteiger charge is 2.19. The number of nitrogens with two attached hydrogens (primary N) is 1. The number of sulfonamides is 1. The zero-order valence-electron chi connectivity index (χ0n) is 11.7. The first kappa shape index (κ1) is 16.8. The maximum Gasteiger partial charge on any atom is 0.232 e. The van der Waals surface area contributed by atoms with Gasteiger partial charge in [0.25, 0.3) is 0 Å². The van der Waals surface area contributed by atoms with Crippen molar-refractivity contribution in [3.05, 3.63) is 29.6 Å². The summed E-state index contributed by atoms with van der Waals surface area (Å²) in [5.41, 5.74) is 5.76. The summed E-state index contributed by atoms with van der Waals surface area (Å²) in [7, 11) is -3.52. The van der Waals surface area contributed by atoms with Crippen molar-refractivity contribution in [3.63, 3.8) is 0 Å². The summed E-state index contributed by atoms with van der Waals surface area (Å²) in [6, 6.07) is 3.59. The average Bonchev–Trinajstić information content (AvgIpc) is 2.28. The standard InChI is InChI=1S/C13H19FN2O2S2/c1-13(2,3)6-7-20(17,18)16-11-5-4-9(14)8-10(11)12(15)19/h4-5,8,16H,6-7H2,1-3H3,(H2,15,19). The minimum atomic E-state index is -3.52. The molecule has 0 aliphatic carbocycles. The Morgan fingerprint density at radius 1 is 1.40 bits per heavy atom. The van der Waals surface area contributed by atoms with Gasteiger partial charge in [-0.2, -0.15) is 0 Å². The maximum absolute atomic E-state index is 13.2. The van der Waals surface area contributed by atoms with E-state index in [9.17, 15) is 12.8 Å². The molecule has 0 spiro atoms. The Hall–Kier alpha value is -1.21. The van der Waals surface area contributed by atoms with Gasteiger partial charge in [-0.1, -0.05) is 33.0 Å². The van der Waals surface area contributed by atoms with E-state index in [1.165, 1.54) is 6.07 Å². The monoisotopic (exact) mass is 318 g/mol. The van der Waals surface area contributed by atoms with E-state index in [1.807, 2.05) is 20.8 Å². The fourth-order valence-corrected chi connectivity index (χ4v) is 3.13. The lowest BCUT2D eigenvalue weighted by molar-refractivity contribution is 0.397. The van der Waals surface area contributed by atoms with Crippen molar-refractivity contribution in [2.75, 3.05) is 10.5 Å². The molecule has 0 saturated carbocycles. The van der Waals surface area contributed by atoms with E-state index in [-0.39, 0.29) is 27.4 Å². The maximum atomic E-state index is 13.2. The van der Waals surface area contributed by atoms with Crippen molar-refractivity contribution in [2.24, 2.45) is 11.1 Å². The first-order valence-corrected chi connectivity index (χ1v) is 8.16. The molecule has 1 aromatic rings. The van der Waals surface area contributed by atoms with Crippen LogP contribution in [0, 0.1) is 11.2 Å². The fraction of sp³-hybridized carbons (Fsp3) is 0.462. The van der Waals surface area contributed by atoms with Crippen LogP contribution in [0.4, 0.5) is 10.1 Å². The van der Waals surface area contributed by atoms with Gasteiger partial charge in [-0.25, -0.2) is 12.8 Å². The largest absolute Gasteiger partial charge is 0.389 e. The summed E-state index contributed by atoms with van der Waals surface area (Å²) in [6.45, 7) is 5.88. The topological polar surface area (TPSA) is 72.2 Å². The van der Waals surface area contributed by atoms with E-state index in [0.29, 0.717) is 6.42 Å². The molecule has 0 fully saturated rings. The Kier molecular flexibility index (Phi) is 5.10. The van der Waals surface area contributed by atoms with Gasteiger partial charge in [0.05, 0.1) is 11.4 Å². The summed E-state index contributed by atoms with van der Waals surface area (Å²) < 4.78 is 39.6. The van der Waals surface area contributed by atoms with Gasteiger partial charge in [0, 0.05) is 5.56 Å². The second-order valence-corrected chi connectivity index (χ2v) is 8.07. The van der Waals surface area contributed by atoms with E-state index in [2.05, 4.69) is 4.72 Å². The predicted octanol–water partition coefficient (Wildman–Crippen LogP) is 2.64. The Bertz CT molecular complexity index is 607. The molecule has 20 heavy (non-hydrogen) atoms. The van der Waals surface area contributed by atoms with Crippen molar-refractivity contribution in [3.8, 4) is 0 Å². The van der Waals surface area contributed by atoms with E-state index in [4.69, 9.17) is 18.0 Å². The van der Waals surface area contributed by atoms with E-state index < -0.39 is 15.8 Å². The molecule has 0 bridgehead atoms. The molecule has 0 amide bonds. The third-order valence-corrected chi connectivity index (χ3v) is 4.13.